The van der Waals surface area contributed by atoms with Crippen LogP contribution in [0.5, 0.6) is 0 Å². The second-order valence-corrected chi connectivity index (χ2v) is 9.38. The number of benzene rings is 2. The largest absolute Gasteiger partial charge is 0.357 e. The van der Waals surface area contributed by atoms with E-state index in [1.165, 1.54) is 36.2 Å². The molecular formula is C23H30FN3O4S. The third-order valence-electron chi connectivity index (χ3n) is 5.21. The molecular weight excluding hydrogens is 433 g/mol. The highest BCUT2D eigenvalue weighted by atomic mass is 32.2. The molecule has 0 aliphatic carbocycles. The fraction of sp³-hybridized carbons (Fsp3) is 0.391. The number of carbonyl (C=O) groups excluding carboxylic acids is 2. The summed E-state index contributed by atoms with van der Waals surface area (Å²) in [6, 6.07) is 11.8. The molecule has 32 heavy (non-hydrogen) atoms. The minimum absolute atomic E-state index is 0.0391. The second kappa shape index (κ2) is 11.1. The van der Waals surface area contributed by atoms with Crippen LogP contribution in [0.2, 0.25) is 0 Å². The molecule has 2 amide bonds. The SMILES string of the molecule is CCc1ccc(N(CC(=O)N(Cc2ccc(F)cc2)C(CC)C(=O)NC)S(C)(=O)=O)cc1. The maximum Gasteiger partial charge on any atom is 0.244 e. The van der Waals surface area contributed by atoms with Crippen LogP contribution in [0, 0.1) is 5.82 Å². The van der Waals surface area contributed by atoms with Crippen molar-refractivity contribution >= 4 is 27.5 Å². The van der Waals surface area contributed by atoms with Crippen LogP contribution < -0.4 is 9.62 Å². The normalized spacial score (nSPS) is 12.2. The molecule has 1 atom stereocenters. The lowest BCUT2D eigenvalue weighted by molar-refractivity contribution is -0.140. The molecule has 7 nitrogen and oxygen atoms in total. The third-order valence-corrected chi connectivity index (χ3v) is 6.35. The minimum Gasteiger partial charge on any atom is -0.357 e. The zero-order chi connectivity index (χ0) is 23.9. The molecule has 0 bridgehead atoms. The molecule has 0 fully saturated rings. The van der Waals surface area contributed by atoms with Gasteiger partial charge in [0.15, 0.2) is 0 Å². The Balaban J connectivity index is 2.39. The van der Waals surface area contributed by atoms with Crippen molar-refractivity contribution in [1.82, 2.24) is 10.2 Å². The molecule has 0 aliphatic rings. The van der Waals surface area contributed by atoms with Gasteiger partial charge in [-0.05, 0) is 48.2 Å². The number of nitrogens with zero attached hydrogens (tertiary/aromatic N) is 2. The molecule has 2 aromatic rings. The molecule has 0 radical (unpaired) electrons. The molecule has 0 aromatic heterocycles. The Hall–Kier alpha value is -2.94. The number of nitrogens with one attached hydrogen (secondary N) is 1. The summed E-state index contributed by atoms with van der Waals surface area (Å²) in [5.74, 6) is -1.31. The summed E-state index contributed by atoms with van der Waals surface area (Å²) in [6.07, 6.45) is 2.17. The highest BCUT2D eigenvalue weighted by molar-refractivity contribution is 7.92. The van der Waals surface area contributed by atoms with Crippen LogP contribution in [0.15, 0.2) is 48.5 Å². The van der Waals surface area contributed by atoms with Gasteiger partial charge in [0.25, 0.3) is 0 Å². The summed E-state index contributed by atoms with van der Waals surface area (Å²) in [6.45, 7) is 3.34. The van der Waals surface area contributed by atoms with Gasteiger partial charge in [0.2, 0.25) is 21.8 Å². The number of sulfonamides is 1. The van der Waals surface area contributed by atoms with Crippen molar-refractivity contribution in [3.8, 4) is 0 Å². The van der Waals surface area contributed by atoms with E-state index in [4.69, 9.17) is 0 Å². The van der Waals surface area contributed by atoms with Crippen LogP contribution >= 0.6 is 0 Å². The molecule has 2 rings (SSSR count). The Labute approximate surface area is 189 Å². The van der Waals surface area contributed by atoms with Gasteiger partial charge in [0.05, 0.1) is 11.9 Å². The van der Waals surface area contributed by atoms with Crippen LogP contribution in [0.4, 0.5) is 10.1 Å². The molecule has 0 saturated carbocycles. The predicted molar refractivity (Wildman–Crippen MR) is 123 cm³/mol. The van der Waals surface area contributed by atoms with E-state index in [0.29, 0.717) is 17.7 Å². The first-order valence-electron chi connectivity index (χ1n) is 10.4. The molecule has 174 valence electrons. The summed E-state index contributed by atoms with van der Waals surface area (Å²) in [5, 5.41) is 2.55. The van der Waals surface area contributed by atoms with Crippen molar-refractivity contribution in [3.63, 3.8) is 0 Å². The van der Waals surface area contributed by atoms with E-state index in [1.54, 1.807) is 19.1 Å². The van der Waals surface area contributed by atoms with E-state index >= 15 is 0 Å². The summed E-state index contributed by atoms with van der Waals surface area (Å²) >= 11 is 0. The van der Waals surface area contributed by atoms with Gasteiger partial charge in [-0.2, -0.15) is 0 Å². The monoisotopic (exact) mass is 463 g/mol. The van der Waals surface area contributed by atoms with Crippen molar-refractivity contribution in [1.29, 1.82) is 0 Å². The lowest BCUT2D eigenvalue weighted by Crippen LogP contribution is -2.51. The molecule has 0 saturated heterocycles. The zero-order valence-electron chi connectivity index (χ0n) is 18.8. The topological polar surface area (TPSA) is 86.8 Å². The Morgan fingerprint density at radius 1 is 1.00 bits per heavy atom. The van der Waals surface area contributed by atoms with Crippen molar-refractivity contribution in [2.24, 2.45) is 0 Å². The number of likely N-dealkylation sites (N-methyl/N-ethyl adjacent to an activating group) is 1. The van der Waals surface area contributed by atoms with E-state index < -0.39 is 34.3 Å². The summed E-state index contributed by atoms with van der Waals surface area (Å²) < 4.78 is 39.4. The van der Waals surface area contributed by atoms with E-state index in [1.807, 2.05) is 19.1 Å². The van der Waals surface area contributed by atoms with Gasteiger partial charge < -0.3 is 10.2 Å². The first-order chi connectivity index (χ1) is 15.1. The minimum atomic E-state index is -3.77. The first-order valence-corrected chi connectivity index (χ1v) is 12.3. The molecule has 0 aliphatic heterocycles. The van der Waals surface area contributed by atoms with E-state index in [9.17, 15) is 22.4 Å². The van der Waals surface area contributed by atoms with E-state index in [0.717, 1.165) is 22.5 Å². The Bertz CT molecular complexity index is 1020. The fourth-order valence-corrected chi connectivity index (χ4v) is 4.23. The third kappa shape index (κ3) is 6.53. The Kier molecular flexibility index (Phi) is 8.77. The van der Waals surface area contributed by atoms with Crippen LogP contribution in [0.25, 0.3) is 0 Å². The first kappa shape index (κ1) is 25.3. The van der Waals surface area contributed by atoms with E-state index in [-0.39, 0.29) is 12.5 Å². The van der Waals surface area contributed by atoms with Gasteiger partial charge in [-0.25, -0.2) is 12.8 Å². The van der Waals surface area contributed by atoms with Gasteiger partial charge in [0.1, 0.15) is 18.4 Å². The number of hydrogen-bond donors (Lipinski definition) is 1. The van der Waals surface area contributed by atoms with Gasteiger partial charge in [-0.3, -0.25) is 13.9 Å². The van der Waals surface area contributed by atoms with Gasteiger partial charge in [-0.1, -0.05) is 38.1 Å². The van der Waals surface area contributed by atoms with Crippen molar-refractivity contribution < 1.29 is 22.4 Å². The number of halogens is 1. The number of hydrogen-bond acceptors (Lipinski definition) is 4. The van der Waals surface area contributed by atoms with Gasteiger partial charge >= 0.3 is 0 Å². The molecule has 9 heteroatoms. The summed E-state index contributed by atoms with van der Waals surface area (Å²) in [4.78, 5) is 27.2. The predicted octanol–water partition coefficient (Wildman–Crippen LogP) is 2.71. The second-order valence-electron chi connectivity index (χ2n) is 7.48. The van der Waals surface area contributed by atoms with Gasteiger partial charge in [-0.15, -0.1) is 0 Å². The fourth-order valence-electron chi connectivity index (χ4n) is 3.38. The van der Waals surface area contributed by atoms with Crippen molar-refractivity contribution in [2.75, 3.05) is 24.2 Å². The number of anilines is 1. The maximum absolute atomic E-state index is 13.4. The summed E-state index contributed by atoms with van der Waals surface area (Å²) in [7, 11) is -2.29. The average Bonchev–Trinajstić information content (AvgIpc) is 2.77. The molecule has 0 spiro atoms. The standard InChI is InChI=1S/C23H30FN3O4S/c1-5-17-9-13-20(14-10-17)27(32(4,30)31)16-22(28)26(21(6-2)23(29)25-3)15-18-7-11-19(24)12-8-18/h7-14,21H,5-6,15-16H2,1-4H3,(H,25,29). The van der Waals surface area contributed by atoms with Crippen LogP contribution in [-0.4, -0.2) is 51.0 Å². The molecule has 1 unspecified atom stereocenters. The van der Waals surface area contributed by atoms with Crippen molar-refractivity contribution in [2.45, 2.75) is 39.3 Å². The Morgan fingerprint density at radius 3 is 2.03 bits per heavy atom. The number of carbonyl (C=O) groups is 2. The highest BCUT2D eigenvalue weighted by Gasteiger charge is 2.31. The highest BCUT2D eigenvalue weighted by Crippen LogP contribution is 2.20. The van der Waals surface area contributed by atoms with Crippen LogP contribution in [-0.2, 0) is 32.6 Å². The molecule has 1 N–H and O–H groups in total. The lowest BCUT2D eigenvalue weighted by atomic mass is 10.1. The zero-order valence-corrected chi connectivity index (χ0v) is 19.7. The van der Waals surface area contributed by atoms with Gasteiger partial charge in [0, 0.05) is 13.6 Å². The van der Waals surface area contributed by atoms with Crippen LogP contribution in [0.1, 0.15) is 31.4 Å². The maximum atomic E-state index is 13.4. The quantitative estimate of drug-likeness (QED) is 0.587. The lowest BCUT2D eigenvalue weighted by Gasteiger charge is -2.32. The van der Waals surface area contributed by atoms with Crippen LogP contribution in [0.3, 0.4) is 0 Å². The summed E-state index contributed by atoms with van der Waals surface area (Å²) in [5.41, 5.74) is 2.03. The van der Waals surface area contributed by atoms with E-state index in [2.05, 4.69) is 5.32 Å². The Morgan fingerprint density at radius 2 is 1.56 bits per heavy atom. The van der Waals surface area contributed by atoms with Crippen molar-refractivity contribution in [3.05, 3.63) is 65.5 Å². The smallest absolute Gasteiger partial charge is 0.244 e. The number of rotatable bonds is 10. The number of amides is 2. The number of aryl methyl sites for hydroxylation is 1. The molecule has 2 aromatic carbocycles. The average molecular weight is 464 g/mol. The molecule has 0 heterocycles.